The van der Waals surface area contributed by atoms with Crippen molar-refractivity contribution < 1.29 is 16.4 Å². The molecule has 0 radical (unpaired) electrons. The normalized spacial score (nSPS) is 18.1. The number of hydrogen-bond donors (Lipinski definition) is 0. The van der Waals surface area contributed by atoms with Gasteiger partial charge >= 0.3 is 237 Å². The zero-order valence-electron chi connectivity index (χ0n) is 22.1. The molecular weight excluding hydrogens is 583 g/mol. The molecule has 0 nitrogen and oxygen atoms in total. The van der Waals surface area contributed by atoms with Crippen LogP contribution in [0.2, 0.25) is 3.63 Å². The molecule has 0 N–H and O–H groups in total. The van der Waals surface area contributed by atoms with Gasteiger partial charge in [0.15, 0.2) is 0 Å². The fourth-order valence-electron chi connectivity index (χ4n) is 6.78. The molecule has 4 aromatic carbocycles. The van der Waals surface area contributed by atoms with Gasteiger partial charge in [-0.25, -0.2) is 0 Å². The number of fused-ring (bicyclic) bond motifs is 3. The second-order valence-corrected chi connectivity index (χ2v) is 33.5. The Labute approximate surface area is 235 Å². The molecular formula is C35H33Cl2Zr. The van der Waals surface area contributed by atoms with Crippen molar-refractivity contribution in [2.75, 3.05) is 0 Å². The molecule has 4 aromatic rings. The number of halogens is 2. The fraction of sp³-hybridized carbons (Fsp3) is 0.200. The Bertz CT molecular complexity index is 1450. The molecule has 1 unspecified atom stereocenters. The van der Waals surface area contributed by atoms with Gasteiger partial charge in [-0.1, -0.05) is 0 Å². The molecule has 2 aliphatic carbocycles. The van der Waals surface area contributed by atoms with Crippen LogP contribution < -0.4 is 0 Å². The van der Waals surface area contributed by atoms with Gasteiger partial charge in [0.25, 0.3) is 0 Å². The SMILES string of the molecule is CC(C)(C)C1=C[CH]([Zr]([Cl])([Cl])([CH](c2ccccc2)c2ccccc2)[CH]2c3ccccc3-c3ccccc32)C=C1. The quantitative estimate of drug-likeness (QED) is 0.210. The Morgan fingerprint density at radius 2 is 1.08 bits per heavy atom. The molecule has 1 atom stereocenters. The van der Waals surface area contributed by atoms with E-state index in [9.17, 15) is 0 Å². The molecule has 0 spiro atoms. The van der Waals surface area contributed by atoms with Crippen molar-refractivity contribution in [2.24, 2.45) is 5.41 Å². The predicted molar refractivity (Wildman–Crippen MR) is 161 cm³/mol. The van der Waals surface area contributed by atoms with Gasteiger partial charge in [0, 0.05) is 0 Å². The van der Waals surface area contributed by atoms with Crippen LogP contribution in [0.5, 0.6) is 0 Å². The zero-order chi connectivity index (χ0) is 26.6. The first-order chi connectivity index (χ1) is 18.2. The Morgan fingerprint density at radius 3 is 1.53 bits per heavy atom. The predicted octanol–water partition coefficient (Wildman–Crippen LogP) is 10.9. The second-order valence-electron chi connectivity index (χ2n) is 11.8. The van der Waals surface area contributed by atoms with E-state index in [0.29, 0.717) is 0 Å². The van der Waals surface area contributed by atoms with E-state index in [0.717, 1.165) is 0 Å². The third-order valence-electron chi connectivity index (χ3n) is 8.55. The summed E-state index contributed by atoms with van der Waals surface area (Å²) in [4.78, 5) is 0. The molecule has 0 fully saturated rings. The molecule has 0 saturated carbocycles. The van der Waals surface area contributed by atoms with E-state index in [4.69, 9.17) is 17.0 Å². The Balaban J connectivity index is 1.71. The van der Waals surface area contributed by atoms with E-state index in [1.165, 1.54) is 39.0 Å². The van der Waals surface area contributed by atoms with Crippen molar-refractivity contribution in [2.45, 2.75) is 31.6 Å². The van der Waals surface area contributed by atoms with Gasteiger partial charge in [0.05, 0.1) is 0 Å². The first kappa shape index (κ1) is 26.1. The molecule has 0 heterocycles. The van der Waals surface area contributed by atoms with Crippen LogP contribution in [0.25, 0.3) is 11.1 Å². The molecule has 0 amide bonds. The van der Waals surface area contributed by atoms with Crippen LogP contribution in [0.3, 0.4) is 0 Å². The summed E-state index contributed by atoms with van der Waals surface area (Å²) in [7, 11) is 17.2. The fourth-order valence-corrected chi connectivity index (χ4v) is 27.5. The van der Waals surface area contributed by atoms with Crippen molar-refractivity contribution in [3.05, 3.63) is 155 Å². The van der Waals surface area contributed by atoms with E-state index >= 15 is 0 Å². The summed E-state index contributed by atoms with van der Waals surface area (Å²) < 4.78 is -0.178. The van der Waals surface area contributed by atoms with Crippen molar-refractivity contribution in [3.63, 3.8) is 0 Å². The average Bonchev–Trinajstić information content (AvgIpc) is 3.55. The summed E-state index contributed by atoms with van der Waals surface area (Å²) in [5.74, 6) is 0. The van der Waals surface area contributed by atoms with E-state index in [1.807, 2.05) is 0 Å². The summed E-state index contributed by atoms with van der Waals surface area (Å²) in [6.07, 6.45) is 7.02. The molecule has 0 bridgehead atoms. The third kappa shape index (κ3) is 4.05. The van der Waals surface area contributed by atoms with E-state index < -0.39 is 16.4 Å². The molecule has 3 heteroatoms. The standard InChI is InChI=1S/C13H9.C13H11.C9H13.2ClH.Zr/c1-3-7-12-10(5-1)9-11-6-2-4-8-13(11)12;1-3-7-12(8-4-1)11-13-9-5-2-6-10-13;1-9(2,3)8-6-4-5-7-8;;;/h1-9H;1-11H;4-7H,1-3H3;2*1H;/q;;;;;+2/p-2. The number of allylic oxidation sites excluding steroid dienone is 4. The maximum absolute atomic E-state index is 8.59. The van der Waals surface area contributed by atoms with Crippen molar-refractivity contribution in [1.29, 1.82) is 0 Å². The van der Waals surface area contributed by atoms with E-state index in [-0.39, 0.29) is 16.3 Å². The van der Waals surface area contributed by atoms with Crippen LogP contribution in [-0.2, 0) is 16.4 Å². The van der Waals surface area contributed by atoms with Gasteiger partial charge in [-0.2, -0.15) is 0 Å². The minimum absolute atomic E-state index is 0.0165. The Morgan fingerprint density at radius 1 is 0.632 bits per heavy atom. The second kappa shape index (κ2) is 9.48. The number of hydrogen-bond acceptors (Lipinski definition) is 0. The first-order valence-electron chi connectivity index (χ1n) is 13.5. The summed E-state index contributed by atoms with van der Waals surface area (Å²) in [6.45, 7) is 6.80. The number of benzene rings is 4. The zero-order valence-corrected chi connectivity index (χ0v) is 26.1. The number of rotatable bonds is 5. The summed E-state index contributed by atoms with van der Waals surface area (Å²) in [5.41, 5.74) is 8.78. The molecule has 191 valence electrons. The summed E-state index contributed by atoms with van der Waals surface area (Å²) in [5, 5.41) is 0. The molecule has 0 aliphatic heterocycles. The van der Waals surface area contributed by atoms with Gasteiger partial charge in [-0.15, -0.1) is 0 Å². The molecule has 6 rings (SSSR count). The molecule has 38 heavy (non-hydrogen) atoms. The maximum atomic E-state index is 8.59. The molecule has 0 aromatic heterocycles. The van der Waals surface area contributed by atoms with Crippen LogP contribution in [0.15, 0.2) is 133 Å². The Kier molecular flexibility index (Phi) is 6.50. The molecule has 0 saturated heterocycles. The first-order valence-corrected chi connectivity index (χ1v) is 24.0. The van der Waals surface area contributed by atoms with Crippen LogP contribution in [0.4, 0.5) is 0 Å². The van der Waals surface area contributed by atoms with E-state index in [1.54, 1.807) is 0 Å². The van der Waals surface area contributed by atoms with Crippen LogP contribution >= 0.6 is 17.0 Å². The van der Waals surface area contributed by atoms with Crippen molar-refractivity contribution in [3.8, 4) is 11.1 Å². The van der Waals surface area contributed by atoms with Crippen LogP contribution in [-0.4, -0.2) is 0 Å². The van der Waals surface area contributed by atoms with Gasteiger partial charge in [0.2, 0.25) is 0 Å². The van der Waals surface area contributed by atoms with Crippen molar-refractivity contribution in [1.82, 2.24) is 0 Å². The molecule has 2 aliphatic rings. The monoisotopic (exact) mass is 613 g/mol. The van der Waals surface area contributed by atoms with Gasteiger partial charge in [0.1, 0.15) is 0 Å². The van der Waals surface area contributed by atoms with Gasteiger partial charge in [-0.3, -0.25) is 0 Å². The van der Waals surface area contributed by atoms with Gasteiger partial charge in [-0.05, 0) is 0 Å². The summed E-state index contributed by atoms with van der Waals surface area (Å²) >= 11 is -5.16. The van der Waals surface area contributed by atoms with Crippen molar-refractivity contribution >= 4 is 17.0 Å². The minimum atomic E-state index is -5.16. The van der Waals surface area contributed by atoms with Gasteiger partial charge < -0.3 is 0 Å². The Hall–Kier alpha value is -2.18. The summed E-state index contributed by atoms with van der Waals surface area (Å²) in [6, 6.07) is 39.0. The van der Waals surface area contributed by atoms with Crippen LogP contribution in [0.1, 0.15) is 50.3 Å². The third-order valence-corrected chi connectivity index (χ3v) is 29.3. The average molecular weight is 616 g/mol. The van der Waals surface area contributed by atoms with E-state index in [2.05, 4.69) is 148 Å². The van der Waals surface area contributed by atoms with Crippen LogP contribution in [0, 0.1) is 5.41 Å². The topological polar surface area (TPSA) is 0 Å².